The summed E-state index contributed by atoms with van der Waals surface area (Å²) in [5, 5.41) is 18.2. The van der Waals surface area contributed by atoms with E-state index in [1.807, 2.05) is 0 Å². The molecule has 0 spiro atoms. The Morgan fingerprint density at radius 1 is 1.33 bits per heavy atom. The highest BCUT2D eigenvalue weighted by Crippen LogP contribution is 2.24. The summed E-state index contributed by atoms with van der Waals surface area (Å²) in [5.41, 5.74) is -0.139. The molecular formula is C14H17BrFNO. The average Bonchev–Trinajstić information content (AvgIpc) is 2.43. The quantitative estimate of drug-likeness (QED) is 0.783. The largest absolute Gasteiger partial charge is 0.505 e. The molecule has 2 nitrogen and oxygen atoms in total. The van der Waals surface area contributed by atoms with Gasteiger partial charge in [-0.05, 0) is 30.9 Å². The normalized spacial score (nSPS) is 15.4. The maximum absolute atomic E-state index is 12.5. The first-order chi connectivity index (χ1) is 8.69. The zero-order valence-electron chi connectivity index (χ0n) is 10.2. The highest BCUT2D eigenvalue weighted by atomic mass is 79.9. The number of phenolic OH excluding ortho intramolecular Hbond substituents is 1. The molecule has 0 heterocycles. The van der Waals surface area contributed by atoms with Gasteiger partial charge >= 0.3 is 0 Å². The monoisotopic (exact) mass is 313 g/mol. The summed E-state index contributed by atoms with van der Waals surface area (Å²) in [5.74, 6) is -0.340. The third kappa shape index (κ3) is 4.66. The molecule has 1 saturated carbocycles. The van der Waals surface area contributed by atoms with Crippen molar-refractivity contribution < 1.29 is 9.50 Å². The molecule has 1 fully saturated rings. The van der Waals surface area contributed by atoms with Gasteiger partial charge in [-0.25, -0.2) is 4.39 Å². The van der Waals surface area contributed by atoms with Crippen LogP contribution in [0.5, 0.6) is 5.75 Å². The van der Waals surface area contributed by atoms with Crippen molar-refractivity contribution in [3.8, 4) is 11.8 Å². The van der Waals surface area contributed by atoms with Gasteiger partial charge in [-0.3, -0.25) is 0 Å². The third-order valence-electron chi connectivity index (χ3n) is 3.04. The Balaban J connectivity index is 0.000000184. The molecule has 0 aliphatic heterocycles. The summed E-state index contributed by atoms with van der Waals surface area (Å²) < 4.78 is 12.5. The number of aromatic hydroxyl groups is 1. The molecule has 18 heavy (non-hydrogen) atoms. The summed E-state index contributed by atoms with van der Waals surface area (Å²) in [6.07, 6.45) is 7.34. The van der Waals surface area contributed by atoms with Crippen molar-refractivity contribution >= 4 is 15.9 Å². The van der Waals surface area contributed by atoms with E-state index in [1.165, 1.54) is 55.6 Å². The van der Waals surface area contributed by atoms with E-state index in [-0.39, 0.29) is 5.56 Å². The summed E-state index contributed by atoms with van der Waals surface area (Å²) in [6, 6.07) is 5.51. The lowest BCUT2D eigenvalue weighted by Gasteiger charge is -2.18. The highest BCUT2D eigenvalue weighted by Gasteiger charge is 2.10. The van der Waals surface area contributed by atoms with E-state index in [2.05, 4.69) is 15.9 Å². The van der Waals surface area contributed by atoms with Crippen LogP contribution in [0, 0.1) is 23.1 Å². The van der Waals surface area contributed by atoms with Crippen molar-refractivity contribution in [3.05, 3.63) is 29.6 Å². The number of halogens is 2. The minimum Gasteiger partial charge on any atom is -0.505 e. The summed E-state index contributed by atoms with van der Waals surface area (Å²) in [6.45, 7) is 0. The van der Waals surface area contributed by atoms with Gasteiger partial charge < -0.3 is 5.11 Å². The van der Waals surface area contributed by atoms with Crippen LogP contribution in [0.25, 0.3) is 0 Å². The van der Waals surface area contributed by atoms with Crippen LogP contribution in [-0.4, -0.2) is 10.4 Å². The summed E-state index contributed by atoms with van der Waals surface area (Å²) >= 11 is 3.51. The van der Waals surface area contributed by atoms with E-state index in [4.69, 9.17) is 10.4 Å². The molecule has 4 heteroatoms. The standard InChI is InChI=1S/C7H13Br.C7H4FNO/c8-6-7-4-2-1-3-5-7;8-7-5(4-9)2-1-3-6(7)10/h7H,1-6H2;1-3,10H. The van der Waals surface area contributed by atoms with Gasteiger partial charge in [0.05, 0.1) is 5.56 Å². The lowest BCUT2D eigenvalue weighted by atomic mass is 9.91. The summed E-state index contributed by atoms with van der Waals surface area (Å²) in [4.78, 5) is 0. The van der Waals surface area contributed by atoms with Gasteiger partial charge in [0.2, 0.25) is 0 Å². The van der Waals surface area contributed by atoms with Gasteiger partial charge in [0.1, 0.15) is 6.07 Å². The maximum atomic E-state index is 12.5. The predicted molar refractivity (Wildman–Crippen MR) is 73.1 cm³/mol. The molecule has 0 amide bonds. The second-order valence-corrected chi connectivity index (χ2v) is 5.06. The van der Waals surface area contributed by atoms with Crippen LogP contribution in [0.1, 0.15) is 37.7 Å². The predicted octanol–water partition coefficient (Wildman–Crippen LogP) is 4.36. The van der Waals surface area contributed by atoms with Crippen molar-refractivity contribution in [2.24, 2.45) is 5.92 Å². The van der Waals surface area contributed by atoms with E-state index in [1.54, 1.807) is 6.07 Å². The van der Waals surface area contributed by atoms with Crippen LogP contribution in [0.4, 0.5) is 4.39 Å². The number of nitriles is 1. The lowest BCUT2D eigenvalue weighted by Crippen LogP contribution is -2.06. The fourth-order valence-corrected chi connectivity index (χ4v) is 2.60. The molecule has 1 N–H and O–H groups in total. The zero-order valence-corrected chi connectivity index (χ0v) is 11.8. The molecule has 0 bridgehead atoms. The minimum atomic E-state index is -0.856. The number of phenols is 1. The topological polar surface area (TPSA) is 44.0 Å². The van der Waals surface area contributed by atoms with Gasteiger partial charge in [-0.15, -0.1) is 0 Å². The number of alkyl halides is 1. The molecule has 1 aromatic carbocycles. The Morgan fingerprint density at radius 2 is 2.00 bits per heavy atom. The first-order valence-corrected chi connectivity index (χ1v) is 7.24. The van der Waals surface area contributed by atoms with Crippen LogP contribution in [-0.2, 0) is 0 Å². The van der Waals surface area contributed by atoms with Crippen LogP contribution < -0.4 is 0 Å². The zero-order chi connectivity index (χ0) is 13.4. The van der Waals surface area contributed by atoms with Crippen LogP contribution >= 0.6 is 15.9 Å². The Hall–Kier alpha value is -1.08. The molecule has 1 aliphatic carbocycles. The van der Waals surface area contributed by atoms with Gasteiger partial charge in [-0.2, -0.15) is 5.26 Å². The molecule has 0 unspecified atom stereocenters. The molecule has 0 radical (unpaired) electrons. The van der Waals surface area contributed by atoms with Crippen molar-refractivity contribution in [1.29, 1.82) is 5.26 Å². The number of rotatable bonds is 1. The van der Waals surface area contributed by atoms with Crippen molar-refractivity contribution in [2.75, 3.05) is 5.33 Å². The van der Waals surface area contributed by atoms with Crippen LogP contribution in [0.15, 0.2) is 18.2 Å². The van der Waals surface area contributed by atoms with E-state index < -0.39 is 11.6 Å². The Bertz CT molecular complexity index is 411. The fourth-order valence-electron chi connectivity index (χ4n) is 1.95. The first kappa shape index (κ1) is 15.0. The van der Waals surface area contributed by atoms with Gasteiger partial charge in [-0.1, -0.05) is 41.3 Å². The molecule has 0 aromatic heterocycles. The van der Waals surface area contributed by atoms with E-state index in [0.717, 1.165) is 5.92 Å². The molecule has 0 saturated heterocycles. The lowest BCUT2D eigenvalue weighted by molar-refractivity contribution is 0.392. The number of hydrogen-bond donors (Lipinski definition) is 1. The smallest absolute Gasteiger partial charge is 0.182 e. The van der Waals surface area contributed by atoms with Gasteiger partial charge in [0.15, 0.2) is 11.6 Å². The fraction of sp³-hybridized carbons (Fsp3) is 0.500. The van der Waals surface area contributed by atoms with Crippen LogP contribution in [0.2, 0.25) is 0 Å². The Kier molecular flexibility index (Phi) is 6.74. The SMILES string of the molecule is BrCC1CCCCC1.N#Cc1cccc(O)c1F. The third-order valence-corrected chi connectivity index (χ3v) is 3.96. The molecule has 1 aromatic rings. The van der Waals surface area contributed by atoms with Gasteiger partial charge in [0, 0.05) is 5.33 Å². The van der Waals surface area contributed by atoms with Crippen molar-refractivity contribution in [2.45, 2.75) is 32.1 Å². The Morgan fingerprint density at radius 3 is 2.44 bits per heavy atom. The second-order valence-electron chi connectivity index (χ2n) is 4.41. The minimum absolute atomic E-state index is 0.139. The molecule has 98 valence electrons. The molecule has 0 atom stereocenters. The Labute approximate surface area is 116 Å². The van der Waals surface area contributed by atoms with E-state index in [9.17, 15) is 4.39 Å². The van der Waals surface area contributed by atoms with Crippen molar-refractivity contribution in [3.63, 3.8) is 0 Å². The summed E-state index contributed by atoms with van der Waals surface area (Å²) in [7, 11) is 0. The second kappa shape index (κ2) is 8.10. The highest BCUT2D eigenvalue weighted by molar-refractivity contribution is 9.09. The molecule has 2 rings (SSSR count). The number of hydrogen-bond acceptors (Lipinski definition) is 2. The molecular weight excluding hydrogens is 297 g/mol. The maximum Gasteiger partial charge on any atom is 0.182 e. The van der Waals surface area contributed by atoms with E-state index in [0.29, 0.717) is 0 Å². The number of nitrogens with zero attached hydrogens (tertiary/aromatic N) is 1. The molecule has 1 aliphatic rings. The average molecular weight is 314 g/mol. The van der Waals surface area contributed by atoms with E-state index >= 15 is 0 Å². The first-order valence-electron chi connectivity index (χ1n) is 6.12. The van der Waals surface area contributed by atoms with Gasteiger partial charge in [0.25, 0.3) is 0 Å². The van der Waals surface area contributed by atoms with Crippen LogP contribution in [0.3, 0.4) is 0 Å². The number of benzene rings is 1. The van der Waals surface area contributed by atoms with Crippen molar-refractivity contribution in [1.82, 2.24) is 0 Å².